The molecule has 0 spiro atoms. The molecule has 0 heterocycles. The van der Waals surface area contributed by atoms with E-state index in [1.165, 1.54) is 0 Å². The van der Waals surface area contributed by atoms with E-state index in [4.69, 9.17) is 5.11 Å². The van der Waals surface area contributed by atoms with Crippen molar-refractivity contribution in [2.45, 2.75) is 33.7 Å². The minimum Gasteiger partial charge on any atom is -0.478 e. The lowest BCUT2D eigenvalue weighted by Crippen LogP contribution is -2.10. The van der Waals surface area contributed by atoms with Gasteiger partial charge >= 0.3 is 5.97 Å². The molecule has 0 aliphatic carbocycles. The van der Waals surface area contributed by atoms with E-state index in [9.17, 15) is 4.79 Å². The molecular weight excluding hydrogens is 190 g/mol. The van der Waals surface area contributed by atoms with E-state index < -0.39 is 5.97 Å². The van der Waals surface area contributed by atoms with Gasteiger partial charge in [0.15, 0.2) is 0 Å². The first-order chi connectivity index (χ1) is 7.09. The van der Waals surface area contributed by atoms with Gasteiger partial charge in [0.1, 0.15) is 0 Å². The summed E-state index contributed by atoms with van der Waals surface area (Å²) in [6, 6.07) is 7.10. The molecule has 84 valence electrons. The third-order valence-corrected chi connectivity index (χ3v) is 1.56. The highest BCUT2D eigenvalue weighted by Gasteiger charge is 2.02. The van der Waals surface area contributed by atoms with Crippen LogP contribution < -0.4 is 5.32 Å². The maximum atomic E-state index is 10.6. The molecule has 0 fully saturated rings. The van der Waals surface area contributed by atoms with Crippen molar-refractivity contribution in [3.8, 4) is 0 Å². The van der Waals surface area contributed by atoms with Gasteiger partial charge in [0.05, 0.1) is 5.56 Å². The number of aromatic carboxylic acids is 1. The maximum Gasteiger partial charge on any atom is 0.335 e. The van der Waals surface area contributed by atoms with E-state index in [1.54, 1.807) is 18.2 Å². The third-order valence-electron chi connectivity index (χ3n) is 1.56. The minimum absolute atomic E-state index is 0.309. The Bertz CT molecular complexity index is 308. The van der Waals surface area contributed by atoms with Crippen molar-refractivity contribution in [2.24, 2.45) is 0 Å². The maximum absolute atomic E-state index is 10.6. The fourth-order valence-electron chi connectivity index (χ4n) is 1.08. The number of carboxylic acid groups (broad SMARTS) is 1. The number of carbonyl (C=O) groups is 1. The minimum atomic E-state index is -0.896. The lowest BCUT2D eigenvalue weighted by atomic mass is 10.2. The van der Waals surface area contributed by atoms with Crippen LogP contribution in [0.25, 0.3) is 0 Å². The van der Waals surface area contributed by atoms with Gasteiger partial charge in [-0.1, -0.05) is 19.9 Å². The van der Waals surface area contributed by atoms with E-state index >= 15 is 0 Å². The third kappa shape index (κ3) is 5.05. The van der Waals surface area contributed by atoms with E-state index in [2.05, 4.69) is 5.32 Å². The van der Waals surface area contributed by atoms with Crippen LogP contribution in [0.3, 0.4) is 0 Å². The topological polar surface area (TPSA) is 49.3 Å². The van der Waals surface area contributed by atoms with Crippen LogP contribution in [0, 0.1) is 0 Å². The van der Waals surface area contributed by atoms with Gasteiger partial charge in [0.2, 0.25) is 0 Å². The largest absolute Gasteiger partial charge is 0.478 e. The number of hydrogen-bond donors (Lipinski definition) is 2. The van der Waals surface area contributed by atoms with Crippen LogP contribution in [0.4, 0.5) is 5.69 Å². The van der Waals surface area contributed by atoms with Crippen LogP contribution in [0.5, 0.6) is 0 Å². The fraction of sp³-hybridized carbons (Fsp3) is 0.417. The Morgan fingerprint density at radius 3 is 2.40 bits per heavy atom. The molecule has 0 aliphatic heterocycles. The van der Waals surface area contributed by atoms with Crippen molar-refractivity contribution in [2.75, 3.05) is 5.32 Å². The summed E-state index contributed by atoms with van der Waals surface area (Å²) in [6.07, 6.45) is 0. The standard InChI is InChI=1S/C10H13NO2.C2H6/c1-7(2)11-9-5-3-4-8(6-9)10(12)13;1-2/h3-7,11H,1-2H3,(H,12,13);1-2H3. The van der Waals surface area contributed by atoms with Gasteiger partial charge < -0.3 is 10.4 Å². The molecular formula is C12H19NO2. The second kappa shape index (κ2) is 6.87. The van der Waals surface area contributed by atoms with E-state index in [0.717, 1.165) is 5.69 Å². The molecule has 1 aromatic carbocycles. The summed E-state index contributed by atoms with van der Waals surface area (Å²) in [6.45, 7) is 8.01. The van der Waals surface area contributed by atoms with Crippen LogP contribution in [0.15, 0.2) is 24.3 Å². The van der Waals surface area contributed by atoms with Gasteiger partial charge in [0.25, 0.3) is 0 Å². The number of hydrogen-bond acceptors (Lipinski definition) is 2. The first kappa shape index (κ1) is 13.5. The van der Waals surface area contributed by atoms with Crippen molar-refractivity contribution in [1.29, 1.82) is 0 Å². The molecule has 0 atom stereocenters. The number of anilines is 1. The predicted molar refractivity (Wildman–Crippen MR) is 63.5 cm³/mol. The molecule has 0 saturated carbocycles. The van der Waals surface area contributed by atoms with Crippen LogP contribution in [-0.2, 0) is 0 Å². The number of rotatable bonds is 3. The SMILES string of the molecule is CC.CC(C)Nc1cccc(C(=O)O)c1. The smallest absolute Gasteiger partial charge is 0.335 e. The summed E-state index contributed by atoms with van der Waals surface area (Å²) in [5.41, 5.74) is 1.15. The average Bonchev–Trinajstić information content (AvgIpc) is 2.20. The summed E-state index contributed by atoms with van der Waals surface area (Å²) in [4.78, 5) is 10.6. The van der Waals surface area contributed by atoms with Crippen LogP contribution in [-0.4, -0.2) is 17.1 Å². The highest BCUT2D eigenvalue weighted by Crippen LogP contribution is 2.11. The zero-order chi connectivity index (χ0) is 11.8. The summed E-state index contributed by atoms with van der Waals surface area (Å²) in [7, 11) is 0. The van der Waals surface area contributed by atoms with Crippen molar-refractivity contribution >= 4 is 11.7 Å². The molecule has 1 aromatic rings. The van der Waals surface area contributed by atoms with Crippen LogP contribution >= 0.6 is 0 Å². The van der Waals surface area contributed by atoms with Crippen molar-refractivity contribution in [3.63, 3.8) is 0 Å². The molecule has 0 aliphatic rings. The molecule has 0 saturated heterocycles. The molecule has 0 bridgehead atoms. The number of benzene rings is 1. The second-order valence-electron chi connectivity index (χ2n) is 3.18. The van der Waals surface area contributed by atoms with Gasteiger partial charge in [-0.25, -0.2) is 4.79 Å². The molecule has 3 heteroatoms. The molecule has 0 amide bonds. The Morgan fingerprint density at radius 2 is 1.93 bits per heavy atom. The first-order valence-electron chi connectivity index (χ1n) is 5.19. The molecule has 0 unspecified atom stereocenters. The molecule has 0 aromatic heterocycles. The van der Waals surface area contributed by atoms with E-state index in [0.29, 0.717) is 11.6 Å². The lowest BCUT2D eigenvalue weighted by molar-refractivity contribution is 0.0697. The van der Waals surface area contributed by atoms with E-state index in [1.807, 2.05) is 33.8 Å². The Hall–Kier alpha value is -1.51. The Kier molecular flexibility index (Phi) is 6.18. The predicted octanol–water partition coefficient (Wildman–Crippen LogP) is 3.23. The van der Waals surface area contributed by atoms with Gasteiger partial charge in [0, 0.05) is 11.7 Å². The van der Waals surface area contributed by atoms with Crippen LogP contribution in [0.2, 0.25) is 0 Å². The lowest BCUT2D eigenvalue weighted by Gasteiger charge is -2.09. The zero-order valence-electron chi connectivity index (χ0n) is 9.74. The monoisotopic (exact) mass is 209 g/mol. The van der Waals surface area contributed by atoms with Gasteiger partial charge in [-0.15, -0.1) is 0 Å². The summed E-state index contributed by atoms with van der Waals surface area (Å²) in [5.74, 6) is -0.896. The molecule has 3 nitrogen and oxygen atoms in total. The Morgan fingerprint density at radius 1 is 1.33 bits per heavy atom. The van der Waals surface area contributed by atoms with Crippen molar-refractivity contribution < 1.29 is 9.90 Å². The van der Waals surface area contributed by atoms with Crippen molar-refractivity contribution in [1.82, 2.24) is 0 Å². The summed E-state index contributed by atoms with van der Waals surface area (Å²) in [5, 5.41) is 11.9. The summed E-state index contributed by atoms with van der Waals surface area (Å²) < 4.78 is 0. The molecule has 1 rings (SSSR count). The fourth-order valence-corrected chi connectivity index (χ4v) is 1.08. The normalized spacial score (nSPS) is 9.13. The summed E-state index contributed by atoms with van der Waals surface area (Å²) >= 11 is 0. The average molecular weight is 209 g/mol. The quantitative estimate of drug-likeness (QED) is 0.803. The van der Waals surface area contributed by atoms with Crippen LogP contribution in [0.1, 0.15) is 38.1 Å². The Balaban J connectivity index is 0.000000921. The number of carboxylic acids is 1. The second-order valence-corrected chi connectivity index (χ2v) is 3.18. The Labute approximate surface area is 91.1 Å². The molecule has 15 heavy (non-hydrogen) atoms. The van der Waals surface area contributed by atoms with Crippen molar-refractivity contribution in [3.05, 3.63) is 29.8 Å². The molecule has 0 radical (unpaired) electrons. The highest BCUT2D eigenvalue weighted by atomic mass is 16.4. The molecule has 2 N–H and O–H groups in total. The first-order valence-corrected chi connectivity index (χ1v) is 5.19. The van der Waals surface area contributed by atoms with Gasteiger partial charge in [-0.3, -0.25) is 0 Å². The highest BCUT2D eigenvalue weighted by molar-refractivity contribution is 5.88. The number of nitrogens with one attached hydrogen (secondary N) is 1. The van der Waals surface area contributed by atoms with E-state index in [-0.39, 0.29) is 0 Å². The van der Waals surface area contributed by atoms with Gasteiger partial charge in [-0.05, 0) is 32.0 Å². The zero-order valence-corrected chi connectivity index (χ0v) is 9.74. The van der Waals surface area contributed by atoms with Gasteiger partial charge in [-0.2, -0.15) is 0 Å².